The standard InChI is InChI=1S/C20H34/c1-5-6-7-8-9-10-11-12-13-18-14-16-19(17-15-18)20(2,3)4/h14-17H,5-13H2,1-4H3. The Balaban J connectivity index is 2.13. The third kappa shape index (κ3) is 7.12. The van der Waals surface area contributed by atoms with E-state index in [2.05, 4.69) is 52.0 Å². The van der Waals surface area contributed by atoms with Crippen molar-refractivity contribution >= 4 is 0 Å². The van der Waals surface area contributed by atoms with Crippen LogP contribution in [0, 0.1) is 0 Å². The third-order valence-corrected chi connectivity index (χ3v) is 4.14. The van der Waals surface area contributed by atoms with Gasteiger partial charge < -0.3 is 0 Å². The number of benzene rings is 1. The van der Waals surface area contributed by atoms with Gasteiger partial charge in [-0.15, -0.1) is 0 Å². The lowest BCUT2D eigenvalue weighted by Gasteiger charge is -2.19. The van der Waals surface area contributed by atoms with Crippen LogP contribution >= 0.6 is 0 Å². The largest absolute Gasteiger partial charge is 0.0654 e. The Bertz CT molecular complexity index is 339. The topological polar surface area (TPSA) is 0 Å². The van der Waals surface area contributed by atoms with Crippen molar-refractivity contribution in [3.8, 4) is 0 Å². The van der Waals surface area contributed by atoms with Gasteiger partial charge in [-0.1, -0.05) is 96.9 Å². The van der Waals surface area contributed by atoms with E-state index in [1.54, 1.807) is 0 Å². The maximum Gasteiger partial charge on any atom is -0.0132 e. The molecule has 0 heteroatoms. The first kappa shape index (κ1) is 17.3. The average molecular weight is 274 g/mol. The molecule has 0 atom stereocenters. The molecule has 0 aromatic heterocycles. The highest BCUT2D eigenvalue weighted by Crippen LogP contribution is 2.22. The molecule has 0 nitrogen and oxygen atoms in total. The van der Waals surface area contributed by atoms with Crippen molar-refractivity contribution < 1.29 is 0 Å². The van der Waals surface area contributed by atoms with Crippen molar-refractivity contribution in [2.45, 2.75) is 90.9 Å². The van der Waals surface area contributed by atoms with Gasteiger partial charge in [-0.05, 0) is 29.4 Å². The van der Waals surface area contributed by atoms with Crippen molar-refractivity contribution in [2.75, 3.05) is 0 Å². The van der Waals surface area contributed by atoms with E-state index < -0.39 is 0 Å². The summed E-state index contributed by atoms with van der Waals surface area (Å²) in [6, 6.07) is 9.25. The molecule has 1 aromatic rings. The number of unbranched alkanes of at least 4 members (excludes halogenated alkanes) is 7. The van der Waals surface area contributed by atoms with Crippen LogP contribution in [0.2, 0.25) is 0 Å². The lowest BCUT2D eigenvalue weighted by atomic mass is 9.86. The van der Waals surface area contributed by atoms with Crippen LogP contribution in [0.4, 0.5) is 0 Å². The van der Waals surface area contributed by atoms with E-state index >= 15 is 0 Å². The predicted octanol–water partition coefficient (Wildman–Crippen LogP) is 6.67. The van der Waals surface area contributed by atoms with Gasteiger partial charge in [-0.2, -0.15) is 0 Å². The first-order chi connectivity index (χ1) is 9.54. The Labute approximate surface area is 127 Å². The molecule has 0 fully saturated rings. The highest BCUT2D eigenvalue weighted by atomic mass is 14.2. The van der Waals surface area contributed by atoms with Crippen LogP contribution < -0.4 is 0 Å². The fourth-order valence-corrected chi connectivity index (χ4v) is 2.63. The van der Waals surface area contributed by atoms with Gasteiger partial charge in [0.2, 0.25) is 0 Å². The zero-order valence-electron chi connectivity index (χ0n) is 14.2. The van der Waals surface area contributed by atoms with Crippen molar-refractivity contribution in [1.29, 1.82) is 0 Å². The van der Waals surface area contributed by atoms with Gasteiger partial charge >= 0.3 is 0 Å². The summed E-state index contributed by atoms with van der Waals surface area (Å²) >= 11 is 0. The van der Waals surface area contributed by atoms with Crippen molar-refractivity contribution in [2.24, 2.45) is 0 Å². The van der Waals surface area contributed by atoms with E-state index in [0.29, 0.717) is 0 Å². The van der Waals surface area contributed by atoms with Gasteiger partial charge in [0.25, 0.3) is 0 Å². The molecule has 114 valence electrons. The minimum atomic E-state index is 0.275. The second-order valence-corrected chi connectivity index (χ2v) is 7.17. The Kier molecular flexibility index (Phi) is 7.95. The van der Waals surface area contributed by atoms with E-state index in [1.165, 1.54) is 68.9 Å². The molecule has 0 radical (unpaired) electrons. The van der Waals surface area contributed by atoms with Crippen LogP contribution in [0.25, 0.3) is 0 Å². The minimum absolute atomic E-state index is 0.275. The molecule has 0 aliphatic rings. The lowest BCUT2D eigenvalue weighted by molar-refractivity contribution is 0.575. The molecular formula is C20H34. The molecule has 0 aliphatic carbocycles. The summed E-state index contributed by atoms with van der Waals surface area (Å²) in [7, 11) is 0. The van der Waals surface area contributed by atoms with Crippen LogP contribution in [-0.2, 0) is 11.8 Å². The molecule has 0 N–H and O–H groups in total. The van der Waals surface area contributed by atoms with Crippen LogP contribution in [0.5, 0.6) is 0 Å². The van der Waals surface area contributed by atoms with Crippen LogP contribution in [0.1, 0.15) is 90.2 Å². The maximum atomic E-state index is 2.32. The predicted molar refractivity (Wildman–Crippen MR) is 91.5 cm³/mol. The van der Waals surface area contributed by atoms with E-state index in [9.17, 15) is 0 Å². The summed E-state index contributed by atoms with van der Waals surface area (Å²) < 4.78 is 0. The van der Waals surface area contributed by atoms with Crippen molar-refractivity contribution in [1.82, 2.24) is 0 Å². The molecule has 0 spiro atoms. The second-order valence-electron chi connectivity index (χ2n) is 7.17. The van der Waals surface area contributed by atoms with Crippen molar-refractivity contribution in [3.63, 3.8) is 0 Å². The second kappa shape index (κ2) is 9.21. The summed E-state index contributed by atoms with van der Waals surface area (Å²) in [6.07, 6.45) is 12.5. The number of hydrogen-bond donors (Lipinski definition) is 0. The molecule has 0 heterocycles. The highest BCUT2D eigenvalue weighted by Gasteiger charge is 2.12. The van der Waals surface area contributed by atoms with E-state index in [-0.39, 0.29) is 5.41 Å². The molecule has 0 unspecified atom stereocenters. The minimum Gasteiger partial charge on any atom is -0.0654 e. The van der Waals surface area contributed by atoms with Gasteiger partial charge in [0, 0.05) is 0 Å². The van der Waals surface area contributed by atoms with Gasteiger partial charge in [0.05, 0.1) is 0 Å². The normalized spacial score (nSPS) is 11.8. The maximum absolute atomic E-state index is 2.32. The summed E-state index contributed by atoms with van der Waals surface area (Å²) in [4.78, 5) is 0. The number of hydrogen-bond acceptors (Lipinski definition) is 0. The first-order valence-corrected chi connectivity index (χ1v) is 8.63. The Morgan fingerprint density at radius 1 is 0.700 bits per heavy atom. The summed E-state index contributed by atoms with van der Waals surface area (Å²) in [5, 5.41) is 0. The van der Waals surface area contributed by atoms with E-state index in [0.717, 1.165) is 0 Å². The van der Waals surface area contributed by atoms with Crippen LogP contribution in [0.3, 0.4) is 0 Å². The average Bonchev–Trinajstić information content (AvgIpc) is 2.41. The fourth-order valence-electron chi connectivity index (χ4n) is 2.63. The number of aryl methyl sites for hydroxylation is 1. The van der Waals surface area contributed by atoms with Crippen molar-refractivity contribution in [3.05, 3.63) is 35.4 Å². The summed E-state index contributed by atoms with van der Waals surface area (Å²) in [6.45, 7) is 9.12. The Morgan fingerprint density at radius 3 is 1.70 bits per heavy atom. The van der Waals surface area contributed by atoms with E-state index in [1.807, 2.05) is 0 Å². The quantitative estimate of drug-likeness (QED) is 0.441. The third-order valence-electron chi connectivity index (χ3n) is 4.14. The summed E-state index contributed by atoms with van der Waals surface area (Å²) in [5.41, 5.74) is 3.22. The molecule has 1 rings (SSSR count). The molecule has 20 heavy (non-hydrogen) atoms. The first-order valence-electron chi connectivity index (χ1n) is 8.63. The van der Waals surface area contributed by atoms with Crippen LogP contribution in [-0.4, -0.2) is 0 Å². The Morgan fingerprint density at radius 2 is 1.20 bits per heavy atom. The molecule has 0 saturated carbocycles. The van der Waals surface area contributed by atoms with Crippen LogP contribution in [0.15, 0.2) is 24.3 Å². The van der Waals surface area contributed by atoms with Gasteiger partial charge in [0.1, 0.15) is 0 Å². The molecule has 0 amide bonds. The summed E-state index contributed by atoms with van der Waals surface area (Å²) in [5.74, 6) is 0. The molecular weight excluding hydrogens is 240 g/mol. The van der Waals surface area contributed by atoms with Gasteiger partial charge in [-0.25, -0.2) is 0 Å². The molecule has 1 aromatic carbocycles. The smallest absolute Gasteiger partial charge is 0.0132 e. The monoisotopic (exact) mass is 274 g/mol. The number of rotatable bonds is 9. The molecule has 0 saturated heterocycles. The van der Waals surface area contributed by atoms with E-state index in [4.69, 9.17) is 0 Å². The lowest BCUT2D eigenvalue weighted by Crippen LogP contribution is -2.10. The molecule has 0 aliphatic heterocycles. The zero-order chi connectivity index (χ0) is 14.8. The highest BCUT2D eigenvalue weighted by molar-refractivity contribution is 5.27. The molecule has 0 bridgehead atoms. The fraction of sp³-hybridized carbons (Fsp3) is 0.700. The van der Waals surface area contributed by atoms with Gasteiger partial charge in [-0.3, -0.25) is 0 Å². The van der Waals surface area contributed by atoms with Gasteiger partial charge in [0.15, 0.2) is 0 Å². The zero-order valence-corrected chi connectivity index (χ0v) is 14.2. The Hall–Kier alpha value is -0.780. The SMILES string of the molecule is CCCCCCCCCCc1ccc(C(C)(C)C)cc1.